The first kappa shape index (κ1) is 36.5. The third-order valence-electron chi connectivity index (χ3n) is 12.9. The van der Waals surface area contributed by atoms with E-state index in [9.17, 15) is 0 Å². The first-order valence-electron chi connectivity index (χ1n) is 18.1. The van der Waals surface area contributed by atoms with Crippen molar-refractivity contribution in [3.8, 4) is 11.1 Å². The topological polar surface area (TPSA) is 0 Å². The van der Waals surface area contributed by atoms with Crippen molar-refractivity contribution in [2.75, 3.05) is 0 Å². The van der Waals surface area contributed by atoms with Crippen molar-refractivity contribution in [1.82, 2.24) is 0 Å². The standard InChI is InChI=1S/C18H25.C13H9.2C7H5Cl.2ClH.Zr/c1-12-3-13(2)17(4-12)11-18-8-14-5-15(9-18)7-16(6-14)10-18;1-3-7-12-10(5-1)9-11-6-2-4-8-13(11)12;2*1-6-2-4-7(8)5-3-6;;;/h4,12,14-16H,5-11H2,1-2H3;1-9H;2*1-5H;2*1H;/q;;;;;;+2/p-2. The Morgan fingerprint density at radius 2 is 1.10 bits per heavy atom. The number of benzene rings is 4. The second kappa shape index (κ2) is 14.2. The van der Waals surface area contributed by atoms with E-state index in [0.29, 0.717) is 15.0 Å². The molecular formula is C45H44Cl4Zr. The van der Waals surface area contributed by atoms with Crippen LogP contribution in [0.3, 0.4) is 0 Å². The van der Waals surface area contributed by atoms with Gasteiger partial charge < -0.3 is 24.8 Å². The summed E-state index contributed by atoms with van der Waals surface area (Å²) >= 11 is 9.09. The SMILES string of the molecule is CC1=[C]([Zr+2](=[CH]c2ccc(Cl)cc2)(=[CH]c2ccc(Cl)cc2)[CH]2c3ccccc3-c3ccccc32)C(C)C=C1CC12CC3CC(CC(C3)C1)C2.[Cl-].[Cl-]. The summed E-state index contributed by atoms with van der Waals surface area (Å²) in [5, 5.41) is 1.57. The van der Waals surface area contributed by atoms with E-state index in [4.69, 9.17) is 23.2 Å². The summed E-state index contributed by atoms with van der Waals surface area (Å²) in [6, 6.07) is 35.8. The molecule has 0 nitrogen and oxygen atoms in total. The van der Waals surface area contributed by atoms with Crippen LogP contribution in [0.25, 0.3) is 11.1 Å². The fourth-order valence-electron chi connectivity index (χ4n) is 11.7. The van der Waals surface area contributed by atoms with Crippen molar-refractivity contribution in [3.63, 3.8) is 0 Å². The summed E-state index contributed by atoms with van der Waals surface area (Å²) < 4.78 is 7.61. The molecule has 0 amide bonds. The molecule has 0 saturated heterocycles. The van der Waals surface area contributed by atoms with Crippen LogP contribution in [0.15, 0.2) is 118 Å². The molecule has 256 valence electrons. The maximum absolute atomic E-state index is 6.49. The van der Waals surface area contributed by atoms with Crippen molar-refractivity contribution in [2.45, 2.75) is 62.4 Å². The van der Waals surface area contributed by atoms with E-state index in [1.54, 1.807) is 14.4 Å². The number of fused-ring (bicyclic) bond motifs is 3. The maximum Gasteiger partial charge on any atom is -1.00 e. The fourth-order valence-corrected chi connectivity index (χ4v) is 26.1. The van der Waals surface area contributed by atoms with Gasteiger partial charge in [0.2, 0.25) is 0 Å². The van der Waals surface area contributed by atoms with Crippen LogP contribution in [0.2, 0.25) is 10.0 Å². The number of hydrogen-bond acceptors (Lipinski definition) is 0. The van der Waals surface area contributed by atoms with E-state index in [1.165, 1.54) is 78.3 Å². The molecule has 0 aromatic heterocycles. The van der Waals surface area contributed by atoms with Gasteiger partial charge in [0.05, 0.1) is 0 Å². The van der Waals surface area contributed by atoms with Crippen molar-refractivity contribution in [2.24, 2.45) is 29.1 Å². The summed E-state index contributed by atoms with van der Waals surface area (Å²) in [4.78, 5) is 0. The van der Waals surface area contributed by atoms with Crippen molar-refractivity contribution in [3.05, 3.63) is 150 Å². The molecule has 0 radical (unpaired) electrons. The fraction of sp³-hybridized carbons (Fsp3) is 0.333. The third kappa shape index (κ3) is 6.30. The summed E-state index contributed by atoms with van der Waals surface area (Å²) in [7, 11) is 0. The molecule has 4 bridgehead atoms. The number of rotatable bonds is 6. The van der Waals surface area contributed by atoms with Crippen LogP contribution in [-0.2, 0) is 19.3 Å². The summed E-state index contributed by atoms with van der Waals surface area (Å²) in [5.41, 5.74) is 12.1. The second-order valence-electron chi connectivity index (χ2n) is 16.0. The van der Waals surface area contributed by atoms with Crippen LogP contribution in [0.1, 0.15) is 84.7 Å². The average Bonchev–Trinajstić information content (AvgIpc) is 3.55. The zero-order chi connectivity index (χ0) is 32.6. The van der Waals surface area contributed by atoms with E-state index in [-0.39, 0.29) is 24.8 Å². The minimum absolute atomic E-state index is 0. The maximum atomic E-state index is 6.49. The molecule has 4 fully saturated rings. The van der Waals surface area contributed by atoms with Crippen LogP contribution in [0, 0.1) is 29.1 Å². The quantitative estimate of drug-likeness (QED) is 0.212. The molecule has 4 saturated carbocycles. The first-order valence-corrected chi connectivity index (χ1v) is 24.4. The molecule has 4 aromatic carbocycles. The Bertz CT molecular complexity index is 1970. The normalized spacial score (nSPS) is 25.5. The minimum atomic E-state index is -3.90. The first-order chi connectivity index (χ1) is 23.3. The summed E-state index contributed by atoms with van der Waals surface area (Å²) in [5.74, 6) is 3.32. The Kier molecular flexibility index (Phi) is 10.3. The van der Waals surface area contributed by atoms with Gasteiger partial charge in [-0.15, -0.1) is 0 Å². The predicted octanol–water partition coefficient (Wildman–Crippen LogP) is 6.38. The molecule has 5 heteroatoms. The van der Waals surface area contributed by atoms with E-state index >= 15 is 0 Å². The minimum Gasteiger partial charge on any atom is -1.00 e. The average molecular weight is 818 g/mol. The van der Waals surface area contributed by atoms with Crippen LogP contribution in [0.5, 0.6) is 0 Å². The molecular weight excluding hydrogens is 774 g/mol. The molecule has 0 N–H and O–H groups in total. The van der Waals surface area contributed by atoms with Gasteiger partial charge in [-0.2, -0.15) is 0 Å². The summed E-state index contributed by atoms with van der Waals surface area (Å²) in [6.45, 7) is 5.02. The largest absolute Gasteiger partial charge is 1.00 e. The van der Waals surface area contributed by atoms with Crippen LogP contribution in [-0.4, -0.2) is 7.42 Å². The number of halogens is 4. The van der Waals surface area contributed by atoms with E-state index < -0.39 is 19.3 Å². The number of allylic oxidation sites excluding steroid dienone is 4. The zero-order valence-corrected chi connectivity index (χ0v) is 34.3. The van der Waals surface area contributed by atoms with Crippen molar-refractivity contribution >= 4 is 30.6 Å². The number of hydrogen-bond donors (Lipinski definition) is 0. The molecule has 6 aliphatic carbocycles. The molecule has 1 unspecified atom stereocenters. The smallest absolute Gasteiger partial charge is 1.00 e. The van der Waals surface area contributed by atoms with Gasteiger partial charge in [-0.25, -0.2) is 0 Å². The van der Waals surface area contributed by atoms with Crippen LogP contribution < -0.4 is 24.8 Å². The Morgan fingerprint density at radius 3 is 1.56 bits per heavy atom. The van der Waals surface area contributed by atoms with Gasteiger partial charge in [-0.1, -0.05) is 0 Å². The van der Waals surface area contributed by atoms with Crippen molar-refractivity contribution < 1.29 is 44.1 Å². The van der Waals surface area contributed by atoms with Crippen molar-refractivity contribution in [1.29, 1.82) is 0 Å². The molecule has 50 heavy (non-hydrogen) atoms. The zero-order valence-electron chi connectivity index (χ0n) is 28.8. The van der Waals surface area contributed by atoms with Gasteiger partial charge in [0, 0.05) is 0 Å². The molecule has 0 heterocycles. The Balaban J connectivity index is 0.00000196. The summed E-state index contributed by atoms with van der Waals surface area (Å²) in [6.07, 6.45) is 12.9. The van der Waals surface area contributed by atoms with Gasteiger partial charge in [0.1, 0.15) is 0 Å². The van der Waals surface area contributed by atoms with E-state index in [0.717, 1.165) is 27.8 Å². The molecule has 0 spiro atoms. The Labute approximate surface area is 324 Å². The molecule has 0 aliphatic heterocycles. The Morgan fingerprint density at radius 1 is 0.660 bits per heavy atom. The molecule has 4 aromatic rings. The monoisotopic (exact) mass is 814 g/mol. The molecule has 1 atom stereocenters. The van der Waals surface area contributed by atoms with Gasteiger partial charge in [-0.05, 0) is 0 Å². The molecule has 6 aliphatic rings. The third-order valence-corrected chi connectivity index (χ3v) is 25.6. The van der Waals surface area contributed by atoms with Crippen LogP contribution in [0.4, 0.5) is 0 Å². The van der Waals surface area contributed by atoms with Gasteiger partial charge in [0.25, 0.3) is 0 Å². The van der Waals surface area contributed by atoms with E-state index in [2.05, 4.69) is 124 Å². The van der Waals surface area contributed by atoms with Gasteiger partial charge >= 0.3 is 302 Å². The van der Waals surface area contributed by atoms with E-state index in [1.807, 2.05) is 0 Å². The van der Waals surface area contributed by atoms with Crippen LogP contribution >= 0.6 is 23.2 Å². The molecule has 10 rings (SSSR count). The second-order valence-corrected chi connectivity index (χ2v) is 25.7. The Hall–Kier alpha value is -1.86. The van der Waals surface area contributed by atoms with Gasteiger partial charge in [0.15, 0.2) is 0 Å². The van der Waals surface area contributed by atoms with Gasteiger partial charge in [-0.3, -0.25) is 0 Å². The predicted molar refractivity (Wildman–Crippen MR) is 202 cm³/mol.